The van der Waals surface area contributed by atoms with Crippen LogP contribution in [0.4, 0.5) is 0 Å². The topological polar surface area (TPSA) is 38.7 Å². The van der Waals surface area contributed by atoms with Crippen LogP contribution in [0.25, 0.3) is 0 Å². The number of rotatable bonds is 0. The van der Waals surface area contributed by atoms with Crippen LogP contribution < -0.4 is 0 Å². The zero-order valence-electron chi connectivity index (χ0n) is 17.1. The molecule has 5 rings (SSSR count). The quantitative estimate of drug-likeness (QED) is 0.378. The van der Waals surface area contributed by atoms with Crippen LogP contribution in [0.2, 0.25) is 0 Å². The minimum Gasteiger partial charge on any atom is -0.377 e. The van der Waals surface area contributed by atoms with Crippen LogP contribution in [0.3, 0.4) is 0 Å². The van der Waals surface area contributed by atoms with Crippen molar-refractivity contribution in [3.63, 3.8) is 0 Å². The summed E-state index contributed by atoms with van der Waals surface area (Å²) in [6, 6.07) is 0. The predicted octanol–water partition coefficient (Wildman–Crippen LogP) is 4.79. The van der Waals surface area contributed by atoms with E-state index in [9.17, 15) is 5.11 Å². The van der Waals surface area contributed by atoms with Crippen molar-refractivity contribution in [2.45, 2.75) is 95.9 Å². The molecule has 0 bridgehead atoms. The van der Waals surface area contributed by atoms with Gasteiger partial charge in [-0.1, -0.05) is 31.4 Å². The Bertz CT molecular complexity index is 722. The van der Waals surface area contributed by atoms with Gasteiger partial charge in [0.05, 0.1) is 6.10 Å². The van der Waals surface area contributed by atoms with Gasteiger partial charge in [-0.25, -0.2) is 9.78 Å². The number of hydrogen-bond acceptors (Lipinski definition) is 3. The molecule has 5 aliphatic rings. The average molecular weight is 371 g/mol. The molecule has 1 aliphatic heterocycles. The third-order valence-electron chi connectivity index (χ3n) is 9.68. The van der Waals surface area contributed by atoms with Gasteiger partial charge in [0.2, 0.25) is 0 Å². The SMILES string of the molecule is C#C[C@]1(O)CC[C@H]2[C@@H]3CC=C4CC5(CC[C@]4(C)[C@H]3CC[C@@]21C)CC(C)OO5. The first-order valence-corrected chi connectivity index (χ1v) is 11.0. The molecule has 0 amide bonds. The Balaban J connectivity index is 1.45. The molecule has 2 unspecified atom stereocenters. The van der Waals surface area contributed by atoms with Crippen LogP contribution in [-0.2, 0) is 9.78 Å². The van der Waals surface area contributed by atoms with Gasteiger partial charge in [0.1, 0.15) is 11.2 Å². The first-order chi connectivity index (χ1) is 12.8. The maximum absolute atomic E-state index is 11.1. The molecule has 0 radical (unpaired) electrons. The molecule has 0 aromatic rings. The number of fused-ring (bicyclic) bond motifs is 5. The highest BCUT2D eigenvalue weighted by Gasteiger charge is 2.64. The summed E-state index contributed by atoms with van der Waals surface area (Å²) in [6.07, 6.45) is 18.1. The largest absolute Gasteiger partial charge is 0.377 e. The maximum atomic E-state index is 11.1. The van der Waals surface area contributed by atoms with E-state index in [1.165, 1.54) is 12.8 Å². The molecular weight excluding hydrogens is 336 g/mol. The third-order valence-corrected chi connectivity index (χ3v) is 9.68. The van der Waals surface area contributed by atoms with Crippen molar-refractivity contribution in [1.82, 2.24) is 0 Å². The van der Waals surface area contributed by atoms with Gasteiger partial charge in [0.15, 0.2) is 0 Å². The molecule has 1 spiro atoms. The van der Waals surface area contributed by atoms with Crippen molar-refractivity contribution in [2.75, 3.05) is 0 Å². The second-order valence-corrected chi connectivity index (χ2v) is 10.8. The highest BCUT2D eigenvalue weighted by molar-refractivity contribution is 5.30. The summed E-state index contributed by atoms with van der Waals surface area (Å²) in [5.74, 6) is 4.71. The molecule has 1 saturated heterocycles. The third kappa shape index (κ3) is 2.27. The van der Waals surface area contributed by atoms with Crippen molar-refractivity contribution >= 4 is 0 Å². The van der Waals surface area contributed by atoms with E-state index in [1.807, 2.05) is 0 Å². The second kappa shape index (κ2) is 5.62. The monoisotopic (exact) mass is 370 g/mol. The zero-order chi connectivity index (χ0) is 19.1. The Labute approximate surface area is 163 Å². The smallest absolute Gasteiger partial charge is 0.130 e. The summed E-state index contributed by atoms with van der Waals surface area (Å²) in [5, 5.41) is 11.1. The molecule has 4 fully saturated rings. The highest BCUT2D eigenvalue weighted by Crippen LogP contribution is 2.68. The minimum atomic E-state index is -0.907. The van der Waals surface area contributed by atoms with E-state index in [-0.39, 0.29) is 22.5 Å². The zero-order valence-corrected chi connectivity index (χ0v) is 17.1. The highest BCUT2D eigenvalue weighted by atomic mass is 17.2. The molecule has 8 atom stereocenters. The van der Waals surface area contributed by atoms with E-state index in [4.69, 9.17) is 16.2 Å². The lowest BCUT2D eigenvalue weighted by molar-refractivity contribution is -0.329. The molecule has 0 aromatic carbocycles. The summed E-state index contributed by atoms with van der Waals surface area (Å²) in [6.45, 7) is 6.89. The number of hydrogen-bond donors (Lipinski definition) is 1. The van der Waals surface area contributed by atoms with Crippen LogP contribution >= 0.6 is 0 Å². The Morgan fingerprint density at radius 2 is 1.93 bits per heavy atom. The normalized spacial score (nSPS) is 56.8. The second-order valence-electron chi connectivity index (χ2n) is 10.8. The van der Waals surface area contributed by atoms with Crippen LogP contribution in [0.5, 0.6) is 0 Å². The average Bonchev–Trinajstić information content (AvgIpc) is 3.14. The van der Waals surface area contributed by atoms with Gasteiger partial charge >= 0.3 is 0 Å². The van der Waals surface area contributed by atoms with Crippen molar-refractivity contribution in [3.05, 3.63) is 11.6 Å². The maximum Gasteiger partial charge on any atom is 0.130 e. The number of terminal acetylenes is 1. The van der Waals surface area contributed by atoms with Crippen LogP contribution in [-0.4, -0.2) is 22.4 Å². The number of aliphatic hydroxyl groups is 1. The minimum absolute atomic E-state index is 0.0855. The van der Waals surface area contributed by atoms with Crippen molar-refractivity contribution in [1.29, 1.82) is 0 Å². The summed E-state index contributed by atoms with van der Waals surface area (Å²) in [7, 11) is 0. The summed E-state index contributed by atoms with van der Waals surface area (Å²) in [5.41, 5.74) is 0.786. The molecule has 0 aromatic heterocycles. The summed E-state index contributed by atoms with van der Waals surface area (Å²) < 4.78 is 0. The molecule has 1 heterocycles. The fraction of sp³-hybridized carbons (Fsp3) is 0.833. The molecule has 3 nitrogen and oxygen atoms in total. The molecule has 27 heavy (non-hydrogen) atoms. The first-order valence-electron chi connectivity index (χ1n) is 11.0. The molecule has 1 N–H and O–H groups in total. The van der Waals surface area contributed by atoms with Gasteiger partial charge in [0.25, 0.3) is 0 Å². The number of allylic oxidation sites excluding steroid dienone is 1. The Morgan fingerprint density at radius 3 is 2.63 bits per heavy atom. The van der Waals surface area contributed by atoms with E-state index in [0.717, 1.165) is 44.9 Å². The lowest BCUT2D eigenvalue weighted by Gasteiger charge is -2.59. The van der Waals surface area contributed by atoms with E-state index in [2.05, 4.69) is 32.8 Å². The van der Waals surface area contributed by atoms with Crippen molar-refractivity contribution in [2.24, 2.45) is 28.6 Å². The van der Waals surface area contributed by atoms with Crippen LogP contribution in [0.1, 0.15) is 78.6 Å². The Morgan fingerprint density at radius 1 is 1.15 bits per heavy atom. The molecule has 148 valence electrons. The van der Waals surface area contributed by atoms with E-state index >= 15 is 0 Å². The first kappa shape index (κ1) is 18.2. The van der Waals surface area contributed by atoms with Gasteiger partial charge < -0.3 is 5.11 Å². The molecule has 3 heteroatoms. The standard InChI is InChI=1S/C24H34O3/c1-5-24(25)11-9-20-18-7-6-17-15-23(14-16(2)26-27-23)13-12-21(17,3)19(18)8-10-22(20,24)4/h1,6,16,18-20,25H,7-15H2,2-4H3/t16?,18-,19+,20+,21+,22+,23?,24+/m1/s1. The molecule has 3 saturated carbocycles. The fourth-order valence-corrected chi connectivity index (χ4v) is 7.97. The van der Waals surface area contributed by atoms with Gasteiger partial charge in [0, 0.05) is 18.3 Å². The van der Waals surface area contributed by atoms with E-state index < -0.39 is 5.60 Å². The van der Waals surface area contributed by atoms with Gasteiger partial charge in [-0.3, -0.25) is 0 Å². The summed E-state index contributed by atoms with van der Waals surface area (Å²) >= 11 is 0. The lowest BCUT2D eigenvalue weighted by atomic mass is 9.46. The van der Waals surface area contributed by atoms with E-state index in [0.29, 0.717) is 17.8 Å². The van der Waals surface area contributed by atoms with Crippen molar-refractivity contribution in [3.8, 4) is 12.3 Å². The van der Waals surface area contributed by atoms with E-state index in [1.54, 1.807) is 5.57 Å². The Hall–Kier alpha value is -0.820. The lowest BCUT2D eigenvalue weighted by Crippen LogP contribution is -2.55. The van der Waals surface area contributed by atoms with Gasteiger partial charge in [-0.05, 0) is 75.0 Å². The predicted molar refractivity (Wildman–Crippen MR) is 104 cm³/mol. The molecule has 4 aliphatic carbocycles. The molecular formula is C24H34O3. The van der Waals surface area contributed by atoms with Gasteiger partial charge in [-0.2, -0.15) is 0 Å². The fourth-order valence-electron chi connectivity index (χ4n) is 7.97. The van der Waals surface area contributed by atoms with Crippen molar-refractivity contribution < 1.29 is 14.9 Å². The Kier molecular flexibility index (Phi) is 3.79. The summed E-state index contributed by atoms with van der Waals surface area (Å²) in [4.78, 5) is 11.4. The van der Waals surface area contributed by atoms with Crippen LogP contribution in [0.15, 0.2) is 11.6 Å². The van der Waals surface area contributed by atoms with Gasteiger partial charge in [-0.15, -0.1) is 6.42 Å². The van der Waals surface area contributed by atoms with Crippen LogP contribution in [0, 0.1) is 40.9 Å².